The molecule has 1 heterocycles. The van der Waals surface area contributed by atoms with Gasteiger partial charge in [-0.25, -0.2) is 13.4 Å². The minimum atomic E-state index is -3.74. The Kier molecular flexibility index (Phi) is 14.1. The van der Waals surface area contributed by atoms with Gasteiger partial charge in [0.15, 0.2) is 0 Å². The van der Waals surface area contributed by atoms with Gasteiger partial charge >= 0.3 is 0 Å². The van der Waals surface area contributed by atoms with Gasteiger partial charge in [-0.1, -0.05) is 56.3 Å². The molecule has 0 saturated heterocycles. The molecule has 4 rings (SSSR count). The Bertz CT molecular complexity index is 1990. The quantitative estimate of drug-likeness (QED) is 0.108. The van der Waals surface area contributed by atoms with Crippen molar-refractivity contribution in [3.63, 3.8) is 0 Å². The molecule has 1 aromatic heterocycles. The number of sulfonamides is 1. The van der Waals surface area contributed by atoms with E-state index in [0.29, 0.717) is 13.0 Å². The van der Waals surface area contributed by atoms with Crippen molar-refractivity contribution in [1.29, 1.82) is 0 Å². The highest BCUT2D eigenvalue weighted by molar-refractivity contribution is 7.92. The lowest BCUT2D eigenvalue weighted by molar-refractivity contribution is -0.130. The van der Waals surface area contributed by atoms with Gasteiger partial charge in [-0.3, -0.25) is 23.5 Å². The molecule has 5 N–H and O–H groups in total. The van der Waals surface area contributed by atoms with Crippen LogP contribution in [0.15, 0.2) is 72.8 Å². The van der Waals surface area contributed by atoms with E-state index >= 15 is 0 Å². The summed E-state index contributed by atoms with van der Waals surface area (Å²) in [5.74, 6) is -1.83. The third-order valence-electron chi connectivity index (χ3n) is 8.71. The number of likely N-dealkylation sites (N-methyl/N-ethyl adjacent to an activating group) is 1. The summed E-state index contributed by atoms with van der Waals surface area (Å²) in [5, 5.41) is 15.5. The van der Waals surface area contributed by atoms with Crippen LogP contribution in [0.3, 0.4) is 0 Å². The first kappa shape index (κ1) is 40.9. The van der Waals surface area contributed by atoms with E-state index in [9.17, 15) is 27.6 Å². The molecule has 0 spiro atoms. The Hall–Kier alpha value is -4.86. The van der Waals surface area contributed by atoms with Gasteiger partial charge in [0.05, 0.1) is 39.3 Å². The highest BCUT2D eigenvalue weighted by Gasteiger charge is 2.27. The largest absolute Gasteiger partial charge is 0.355 e. The van der Waals surface area contributed by atoms with Gasteiger partial charge in [-0.2, -0.15) is 0 Å². The number of rotatable bonds is 17. The summed E-state index contributed by atoms with van der Waals surface area (Å²) in [6, 6.07) is 18.9. The number of amides is 4. The molecular weight excluding hydrogens is 715 g/mol. The van der Waals surface area contributed by atoms with Crippen LogP contribution in [0.25, 0.3) is 10.2 Å². The van der Waals surface area contributed by atoms with E-state index < -0.39 is 40.0 Å². The molecule has 0 fully saturated rings. The van der Waals surface area contributed by atoms with Crippen LogP contribution in [0.2, 0.25) is 0 Å². The second kappa shape index (κ2) is 18.3. The third-order valence-corrected chi connectivity index (χ3v) is 11.0. The smallest absolute Gasteiger partial charge is 0.251 e. The average Bonchev–Trinajstić information content (AvgIpc) is 3.54. The van der Waals surface area contributed by atoms with Crippen molar-refractivity contribution < 1.29 is 27.6 Å². The van der Waals surface area contributed by atoms with Crippen molar-refractivity contribution in [1.82, 2.24) is 31.6 Å². The molecular formula is C38H49N7O6S2. The van der Waals surface area contributed by atoms with E-state index in [1.807, 2.05) is 82.3 Å². The summed E-state index contributed by atoms with van der Waals surface area (Å²) >= 11 is 1.49. The van der Waals surface area contributed by atoms with Crippen molar-refractivity contribution in [3.8, 4) is 0 Å². The predicted octanol–water partition coefficient (Wildman–Crippen LogP) is 3.78. The van der Waals surface area contributed by atoms with Crippen LogP contribution in [0.4, 0.5) is 5.69 Å². The second-order valence-electron chi connectivity index (χ2n) is 13.3. The molecule has 0 aliphatic carbocycles. The lowest BCUT2D eigenvalue weighted by Crippen LogP contribution is -2.55. The molecule has 0 aliphatic rings. The van der Waals surface area contributed by atoms with Crippen LogP contribution in [-0.4, -0.2) is 81.5 Å². The number of anilines is 1. The number of thiazole rings is 1. The third kappa shape index (κ3) is 11.3. The number of benzene rings is 3. The van der Waals surface area contributed by atoms with Crippen LogP contribution in [0.1, 0.15) is 71.9 Å². The van der Waals surface area contributed by atoms with Gasteiger partial charge in [0, 0.05) is 43.7 Å². The molecule has 0 saturated carbocycles. The molecule has 53 heavy (non-hydrogen) atoms. The van der Waals surface area contributed by atoms with Crippen LogP contribution in [0, 0.1) is 5.92 Å². The molecule has 13 nitrogen and oxygen atoms in total. The zero-order valence-electron chi connectivity index (χ0n) is 31.1. The molecule has 3 aromatic carbocycles. The standard InChI is InChI=1S/C38H49N7O6S2/c1-8-39-38(49)34(23(2)3)44-35(46)25(5)40-22-29(21-33-43-31-16-12-13-17-32(31)52-33)42-37(48)28-18-27(19-30(20-28)45(6)53(7,50)51)36(47)41-24(4)26-14-10-9-11-15-26/h9-20,23-25,29,34,40H,8,21-22H2,1-7H3,(H,39,49)(H,41,47)(H,42,48)(H,44,46)/t24-,25+,29+,34+/m1/s1. The molecule has 0 unspecified atom stereocenters. The molecule has 0 bridgehead atoms. The fraction of sp³-hybridized carbons (Fsp3) is 0.395. The maximum atomic E-state index is 14.0. The zero-order valence-corrected chi connectivity index (χ0v) is 32.7. The molecule has 0 aliphatic heterocycles. The summed E-state index contributed by atoms with van der Waals surface area (Å²) in [4.78, 5) is 58.1. The number of aromatic nitrogens is 1. The van der Waals surface area contributed by atoms with E-state index in [-0.39, 0.29) is 47.1 Å². The normalized spacial score (nSPS) is 13.8. The Labute approximate surface area is 315 Å². The first-order valence-electron chi connectivity index (χ1n) is 17.5. The first-order valence-corrected chi connectivity index (χ1v) is 20.1. The van der Waals surface area contributed by atoms with E-state index in [4.69, 9.17) is 4.98 Å². The van der Waals surface area contributed by atoms with Crippen LogP contribution in [-0.2, 0) is 26.0 Å². The Morgan fingerprint density at radius 2 is 1.45 bits per heavy atom. The topological polar surface area (TPSA) is 179 Å². The second-order valence-corrected chi connectivity index (χ2v) is 16.4. The monoisotopic (exact) mass is 763 g/mol. The predicted molar refractivity (Wildman–Crippen MR) is 210 cm³/mol. The van der Waals surface area contributed by atoms with Crippen LogP contribution < -0.4 is 30.9 Å². The number of hydrogen-bond acceptors (Lipinski definition) is 9. The van der Waals surface area contributed by atoms with Gasteiger partial charge in [-0.05, 0) is 62.6 Å². The maximum absolute atomic E-state index is 14.0. The first-order chi connectivity index (χ1) is 25.1. The SMILES string of the molecule is CCNC(=O)[C@@H](NC(=O)[C@H](C)NC[C@H](Cc1nc2ccccc2s1)NC(=O)c1cc(C(=O)N[C@H](C)c2ccccc2)cc(N(C)S(C)(=O)=O)c1)C(C)C. The highest BCUT2D eigenvalue weighted by atomic mass is 32.2. The van der Waals surface area contributed by atoms with E-state index in [1.165, 1.54) is 36.6 Å². The number of carbonyl (C=O) groups is 4. The van der Waals surface area contributed by atoms with E-state index in [0.717, 1.165) is 31.3 Å². The summed E-state index contributed by atoms with van der Waals surface area (Å²) in [7, 11) is -2.39. The van der Waals surface area contributed by atoms with Gasteiger partial charge in [0.2, 0.25) is 21.8 Å². The highest BCUT2D eigenvalue weighted by Crippen LogP contribution is 2.24. The van der Waals surface area contributed by atoms with Gasteiger partial charge < -0.3 is 26.6 Å². The minimum Gasteiger partial charge on any atom is -0.355 e. The number of carbonyl (C=O) groups excluding carboxylic acids is 4. The fourth-order valence-electron chi connectivity index (χ4n) is 5.52. The number of nitrogens with one attached hydrogen (secondary N) is 5. The average molecular weight is 764 g/mol. The molecule has 4 atom stereocenters. The Morgan fingerprint density at radius 3 is 2.06 bits per heavy atom. The van der Waals surface area contributed by atoms with E-state index in [2.05, 4.69) is 26.6 Å². The Balaban J connectivity index is 1.60. The molecule has 0 radical (unpaired) electrons. The zero-order chi connectivity index (χ0) is 38.9. The summed E-state index contributed by atoms with van der Waals surface area (Å²) in [6.07, 6.45) is 1.35. The van der Waals surface area contributed by atoms with E-state index in [1.54, 1.807) is 6.92 Å². The molecule has 15 heteroatoms. The van der Waals surface area contributed by atoms with Crippen LogP contribution >= 0.6 is 11.3 Å². The molecule has 284 valence electrons. The van der Waals surface area contributed by atoms with Gasteiger partial charge in [0.1, 0.15) is 6.04 Å². The Morgan fingerprint density at radius 1 is 0.830 bits per heavy atom. The molecule has 4 aromatic rings. The number of fused-ring (bicyclic) bond motifs is 1. The maximum Gasteiger partial charge on any atom is 0.251 e. The van der Waals surface area contributed by atoms with Crippen molar-refractivity contribution in [2.75, 3.05) is 30.7 Å². The lowest BCUT2D eigenvalue weighted by atomic mass is 10.0. The van der Waals surface area contributed by atoms with Gasteiger partial charge in [0.25, 0.3) is 11.8 Å². The molecule has 4 amide bonds. The lowest BCUT2D eigenvalue weighted by Gasteiger charge is -2.25. The van der Waals surface area contributed by atoms with Crippen molar-refractivity contribution in [2.24, 2.45) is 5.92 Å². The number of hydrogen-bond donors (Lipinski definition) is 5. The summed E-state index contributed by atoms with van der Waals surface area (Å²) in [5.41, 5.74) is 2.00. The fourth-order valence-corrected chi connectivity index (χ4v) is 7.06. The van der Waals surface area contributed by atoms with Crippen LogP contribution in [0.5, 0.6) is 0 Å². The number of para-hydroxylation sites is 1. The van der Waals surface area contributed by atoms with Gasteiger partial charge in [-0.15, -0.1) is 11.3 Å². The number of nitrogens with zero attached hydrogens (tertiary/aromatic N) is 2. The van der Waals surface area contributed by atoms with Crippen molar-refractivity contribution in [2.45, 2.75) is 65.2 Å². The van der Waals surface area contributed by atoms with Crippen molar-refractivity contribution >= 4 is 60.9 Å². The van der Waals surface area contributed by atoms with Crippen molar-refractivity contribution in [3.05, 3.63) is 94.5 Å². The minimum absolute atomic E-state index is 0.0670. The summed E-state index contributed by atoms with van der Waals surface area (Å²) in [6.45, 7) is 9.60. The summed E-state index contributed by atoms with van der Waals surface area (Å²) < 4.78 is 27.1.